The maximum atomic E-state index is 5.20. The highest BCUT2D eigenvalue weighted by molar-refractivity contribution is 7.26. The van der Waals surface area contributed by atoms with Crippen LogP contribution >= 0.6 is 11.3 Å². The summed E-state index contributed by atoms with van der Waals surface area (Å²) in [6.45, 7) is 0. The van der Waals surface area contributed by atoms with E-state index in [4.69, 9.17) is 15.0 Å². The summed E-state index contributed by atoms with van der Waals surface area (Å²) in [6, 6.07) is 68.5. The Morgan fingerprint density at radius 2 is 0.821 bits per heavy atom. The van der Waals surface area contributed by atoms with Crippen molar-refractivity contribution in [2.45, 2.75) is 0 Å². The molecule has 0 saturated carbocycles. The molecule has 11 aromatic rings. The molecule has 3 aromatic heterocycles. The van der Waals surface area contributed by atoms with E-state index in [9.17, 15) is 0 Å². The molecule has 0 bridgehead atoms. The van der Waals surface area contributed by atoms with Gasteiger partial charge in [-0.2, -0.15) is 0 Å². The van der Waals surface area contributed by atoms with E-state index >= 15 is 0 Å². The summed E-state index contributed by atoms with van der Waals surface area (Å²) >= 11 is 1.85. The Labute approximate surface area is 327 Å². The van der Waals surface area contributed by atoms with Gasteiger partial charge in [-0.15, -0.1) is 11.3 Å². The molecule has 262 valence electrons. The Morgan fingerprint density at radius 3 is 1.50 bits per heavy atom. The fourth-order valence-corrected chi connectivity index (χ4v) is 9.26. The monoisotopic (exact) mass is 732 g/mol. The highest BCUT2D eigenvalue weighted by Gasteiger charge is 2.19. The van der Waals surface area contributed by atoms with Gasteiger partial charge in [0.1, 0.15) is 0 Å². The van der Waals surface area contributed by atoms with E-state index in [-0.39, 0.29) is 0 Å². The van der Waals surface area contributed by atoms with Gasteiger partial charge in [-0.05, 0) is 41.0 Å². The standard InChI is InChI=1S/C51H32N4S/c1-3-14-33(15-4-1)38-31-30-37(32-46(38)55-44-23-10-7-18-40(44)41-19-8-11-24-45(41)55)51-53-49(35-16-5-2-6-17-35)52-50(54-51)36-28-26-34(27-29-36)39-21-13-22-43-42-20-9-12-25-47(42)56-48(39)43/h1-32H. The zero-order valence-electron chi connectivity index (χ0n) is 30.2. The van der Waals surface area contributed by atoms with Crippen LogP contribution in [0.2, 0.25) is 0 Å². The highest BCUT2D eigenvalue weighted by atomic mass is 32.1. The van der Waals surface area contributed by atoms with Crippen molar-refractivity contribution in [2.24, 2.45) is 0 Å². The molecule has 0 unspecified atom stereocenters. The van der Waals surface area contributed by atoms with E-state index < -0.39 is 0 Å². The van der Waals surface area contributed by atoms with Crippen LogP contribution in [-0.2, 0) is 0 Å². The van der Waals surface area contributed by atoms with E-state index in [1.165, 1.54) is 36.5 Å². The predicted molar refractivity (Wildman–Crippen MR) is 234 cm³/mol. The summed E-state index contributed by atoms with van der Waals surface area (Å²) in [7, 11) is 0. The van der Waals surface area contributed by atoms with Gasteiger partial charge in [-0.1, -0.05) is 170 Å². The van der Waals surface area contributed by atoms with Crippen molar-refractivity contribution >= 4 is 53.3 Å². The molecule has 4 nitrogen and oxygen atoms in total. The molecular weight excluding hydrogens is 701 g/mol. The maximum absolute atomic E-state index is 5.20. The van der Waals surface area contributed by atoms with Crippen LogP contribution in [0.25, 0.3) is 104 Å². The third kappa shape index (κ3) is 5.40. The SMILES string of the molecule is c1ccc(-c2nc(-c3ccc(-c4cccc5c4sc4ccccc45)cc3)nc(-c3ccc(-c4ccccc4)c(-n4c5ccccc5c5ccccc54)c3)n2)cc1. The lowest BCUT2D eigenvalue weighted by Gasteiger charge is -2.16. The average Bonchev–Trinajstić information content (AvgIpc) is 3.83. The second-order valence-corrected chi connectivity index (χ2v) is 15.0. The normalized spacial score (nSPS) is 11.6. The molecule has 0 aliphatic carbocycles. The predicted octanol–water partition coefficient (Wildman–Crippen LogP) is 13.7. The molecule has 0 aliphatic rings. The van der Waals surface area contributed by atoms with Gasteiger partial charge >= 0.3 is 0 Å². The van der Waals surface area contributed by atoms with Crippen LogP contribution in [0.1, 0.15) is 0 Å². The molecule has 0 amide bonds. The molecule has 0 radical (unpaired) electrons. The number of aromatic nitrogens is 4. The molecular formula is C51H32N4S. The van der Waals surface area contributed by atoms with Gasteiger partial charge in [0.05, 0.1) is 16.7 Å². The highest BCUT2D eigenvalue weighted by Crippen LogP contribution is 2.41. The van der Waals surface area contributed by atoms with Crippen molar-refractivity contribution in [3.63, 3.8) is 0 Å². The maximum Gasteiger partial charge on any atom is 0.164 e. The van der Waals surface area contributed by atoms with E-state index in [2.05, 4.69) is 180 Å². The topological polar surface area (TPSA) is 43.6 Å². The lowest BCUT2D eigenvalue weighted by molar-refractivity contribution is 1.07. The molecule has 0 N–H and O–H groups in total. The van der Waals surface area contributed by atoms with Crippen LogP contribution in [0.5, 0.6) is 0 Å². The van der Waals surface area contributed by atoms with Gasteiger partial charge in [-0.25, -0.2) is 15.0 Å². The van der Waals surface area contributed by atoms with Gasteiger partial charge in [0, 0.05) is 53.2 Å². The minimum Gasteiger partial charge on any atom is -0.309 e. The number of hydrogen-bond donors (Lipinski definition) is 0. The Balaban J connectivity index is 1.08. The Kier molecular flexibility index (Phi) is 7.64. The van der Waals surface area contributed by atoms with Crippen LogP contribution in [0.4, 0.5) is 0 Å². The molecule has 0 atom stereocenters. The number of hydrogen-bond acceptors (Lipinski definition) is 4. The Morgan fingerprint density at radius 1 is 0.339 bits per heavy atom. The fourth-order valence-electron chi connectivity index (χ4n) is 8.02. The zero-order chi connectivity index (χ0) is 37.0. The van der Waals surface area contributed by atoms with Crippen molar-refractivity contribution in [3.8, 4) is 62.1 Å². The smallest absolute Gasteiger partial charge is 0.164 e. The molecule has 5 heteroatoms. The van der Waals surface area contributed by atoms with E-state index in [1.54, 1.807) is 0 Å². The quantitative estimate of drug-likeness (QED) is 0.171. The lowest BCUT2D eigenvalue weighted by atomic mass is 10.0. The minimum atomic E-state index is 0.620. The molecule has 3 heterocycles. The molecule has 11 rings (SSSR count). The third-order valence-electron chi connectivity index (χ3n) is 10.7. The minimum absolute atomic E-state index is 0.620. The van der Waals surface area contributed by atoms with Crippen molar-refractivity contribution in [2.75, 3.05) is 0 Å². The number of nitrogens with zero attached hydrogens (tertiary/aromatic N) is 4. The molecule has 0 fully saturated rings. The van der Waals surface area contributed by atoms with Crippen LogP contribution in [0.3, 0.4) is 0 Å². The lowest BCUT2D eigenvalue weighted by Crippen LogP contribution is -2.02. The number of rotatable bonds is 6. The average molecular weight is 733 g/mol. The molecule has 0 spiro atoms. The van der Waals surface area contributed by atoms with E-state index in [0.29, 0.717) is 17.5 Å². The molecule has 8 aromatic carbocycles. The summed E-state index contributed by atoms with van der Waals surface area (Å²) in [4.78, 5) is 15.4. The van der Waals surface area contributed by atoms with Gasteiger partial charge in [0.2, 0.25) is 0 Å². The van der Waals surface area contributed by atoms with Crippen molar-refractivity contribution in [1.82, 2.24) is 19.5 Å². The third-order valence-corrected chi connectivity index (χ3v) is 11.9. The summed E-state index contributed by atoms with van der Waals surface area (Å²) in [5.41, 5.74) is 10.8. The molecule has 0 aliphatic heterocycles. The first kappa shape index (κ1) is 32.2. The van der Waals surface area contributed by atoms with Crippen LogP contribution in [0.15, 0.2) is 194 Å². The fraction of sp³-hybridized carbons (Fsp3) is 0. The van der Waals surface area contributed by atoms with E-state index in [0.717, 1.165) is 50.1 Å². The van der Waals surface area contributed by atoms with Gasteiger partial charge < -0.3 is 4.57 Å². The summed E-state index contributed by atoms with van der Waals surface area (Å²) in [6.07, 6.45) is 0. The number of benzene rings is 8. The largest absolute Gasteiger partial charge is 0.309 e. The molecule has 0 saturated heterocycles. The van der Waals surface area contributed by atoms with Gasteiger partial charge in [0.25, 0.3) is 0 Å². The van der Waals surface area contributed by atoms with Crippen molar-refractivity contribution < 1.29 is 0 Å². The van der Waals surface area contributed by atoms with Crippen LogP contribution in [0, 0.1) is 0 Å². The first-order valence-electron chi connectivity index (χ1n) is 18.8. The summed E-state index contributed by atoms with van der Waals surface area (Å²) < 4.78 is 4.98. The molecule has 56 heavy (non-hydrogen) atoms. The second kappa shape index (κ2) is 13.3. The summed E-state index contributed by atoms with van der Waals surface area (Å²) in [5.74, 6) is 1.89. The summed E-state index contributed by atoms with van der Waals surface area (Å²) in [5, 5.41) is 5.03. The zero-order valence-corrected chi connectivity index (χ0v) is 31.0. The van der Waals surface area contributed by atoms with Gasteiger partial charge in [-0.3, -0.25) is 0 Å². The Hall–Kier alpha value is -7.21. The first-order valence-corrected chi connectivity index (χ1v) is 19.6. The number of thiophene rings is 1. The van der Waals surface area contributed by atoms with Crippen LogP contribution in [-0.4, -0.2) is 19.5 Å². The van der Waals surface area contributed by atoms with E-state index in [1.807, 2.05) is 29.5 Å². The van der Waals surface area contributed by atoms with Crippen molar-refractivity contribution in [1.29, 1.82) is 0 Å². The van der Waals surface area contributed by atoms with Gasteiger partial charge in [0.15, 0.2) is 17.5 Å². The van der Waals surface area contributed by atoms with Crippen LogP contribution < -0.4 is 0 Å². The number of para-hydroxylation sites is 2. The Bertz CT molecular complexity index is 3180. The first-order chi connectivity index (χ1) is 27.8. The van der Waals surface area contributed by atoms with Crippen molar-refractivity contribution in [3.05, 3.63) is 194 Å². The second-order valence-electron chi connectivity index (χ2n) is 14.0. The number of fused-ring (bicyclic) bond motifs is 6.